The highest BCUT2D eigenvalue weighted by molar-refractivity contribution is 5.88. The van der Waals surface area contributed by atoms with Crippen LogP contribution < -0.4 is 4.90 Å². The quantitative estimate of drug-likeness (QED) is 0.680. The molecule has 0 saturated heterocycles. The van der Waals surface area contributed by atoms with Crippen molar-refractivity contribution in [2.75, 3.05) is 18.0 Å². The molecule has 0 bridgehead atoms. The second-order valence-electron chi connectivity index (χ2n) is 5.60. The summed E-state index contributed by atoms with van der Waals surface area (Å²) in [6.45, 7) is 6.37. The van der Waals surface area contributed by atoms with E-state index in [4.69, 9.17) is 4.98 Å². The fourth-order valence-electron chi connectivity index (χ4n) is 2.77. The standard InChI is InChI=1S/C19H22N4/c1-3-13-23(14-4-2)19-16-11-8-12-20-18(16)21-17(22-19)15-9-6-5-7-10-15/h5-12H,3-4,13-14H2,1-2H3. The average Bonchev–Trinajstić information content (AvgIpc) is 2.61. The first kappa shape index (κ1) is 15.4. The van der Waals surface area contributed by atoms with Gasteiger partial charge in [-0.1, -0.05) is 44.2 Å². The van der Waals surface area contributed by atoms with Crippen molar-refractivity contribution in [3.05, 3.63) is 48.7 Å². The van der Waals surface area contributed by atoms with Crippen LogP contribution >= 0.6 is 0 Å². The molecular weight excluding hydrogens is 284 g/mol. The normalized spacial score (nSPS) is 10.9. The van der Waals surface area contributed by atoms with E-state index in [-0.39, 0.29) is 0 Å². The maximum Gasteiger partial charge on any atom is 0.165 e. The Hall–Kier alpha value is -2.49. The first-order chi connectivity index (χ1) is 11.3. The third-order valence-corrected chi connectivity index (χ3v) is 3.77. The number of anilines is 1. The SMILES string of the molecule is CCCN(CCC)c1nc(-c2ccccc2)nc2ncccc12. The summed E-state index contributed by atoms with van der Waals surface area (Å²) in [6.07, 6.45) is 3.97. The fourth-order valence-corrected chi connectivity index (χ4v) is 2.77. The van der Waals surface area contributed by atoms with Crippen LogP contribution in [-0.4, -0.2) is 28.0 Å². The van der Waals surface area contributed by atoms with Gasteiger partial charge >= 0.3 is 0 Å². The molecule has 23 heavy (non-hydrogen) atoms. The molecule has 3 aromatic rings. The van der Waals surface area contributed by atoms with E-state index in [1.807, 2.05) is 36.4 Å². The summed E-state index contributed by atoms with van der Waals surface area (Å²) in [4.78, 5) is 16.3. The summed E-state index contributed by atoms with van der Waals surface area (Å²) in [7, 11) is 0. The Balaban J connectivity index is 2.17. The maximum atomic E-state index is 4.88. The van der Waals surface area contributed by atoms with Crippen LogP contribution in [0.4, 0.5) is 5.82 Å². The van der Waals surface area contributed by atoms with Gasteiger partial charge in [0.15, 0.2) is 11.5 Å². The Labute approximate surface area is 137 Å². The number of hydrogen-bond donors (Lipinski definition) is 0. The Kier molecular flexibility index (Phi) is 4.81. The first-order valence-electron chi connectivity index (χ1n) is 8.26. The van der Waals surface area contributed by atoms with Gasteiger partial charge in [-0.2, -0.15) is 0 Å². The molecule has 0 N–H and O–H groups in total. The molecule has 0 spiro atoms. The third kappa shape index (κ3) is 3.31. The molecule has 0 amide bonds. The monoisotopic (exact) mass is 306 g/mol. The van der Waals surface area contributed by atoms with E-state index < -0.39 is 0 Å². The molecule has 118 valence electrons. The van der Waals surface area contributed by atoms with Crippen molar-refractivity contribution in [1.82, 2.24) is 15.0 Å². The van der Waals surface area contributed by atoms with Crippen molar-refractivity contribution >= 4 is 16.9 Å². The number of pyridine rings is 1. The van der Waals surface area contributed by atoms with Crippen molar-refractivity contribution in [3.63, 3.8) is 0 Å². The predicted octanol–water partition coefficient (Wildman–Crippen LogP) is 4.32. The minimum atomic E-state index is 0.740. The minimum Gasteiger partial charge on any atom is -0.356 e. The third-order valence-electron chi connectivity index (χ3n) is 3.77. The molecule has 0 aliphatic carbocycles. The van der Waals surface area contributed by atoms with E-state index in [1.165, 1.54) is 0 Å². The van der Waals surface area contributed by atoms with E-state index >= 15 is 0 Å². The van der Waals surface area contributed by atoms with Crippen molar-refractivity contribution in [3.8, 4) is 11.4 Å². The van der Waals surface area contributed by atoms with Gasteiger partial charge in [-0.15, -0.1) is 0 Å². The summed E-state index contributed by atoms with van der Waals surface area (Å²) in [5, 5.41) is 1.02. The summed E-state index contributed by atoms with van der Waals surface area (Å²) in [6, 6.07) is 14.1. The highest BCUT2D eigenvalue weighted by Crippen LogP contribution is 2.26. The van der Waals surface area contributed by atoms with Crippen molar-refractivity contribution in [2.24, 2.45) is 0 Å². The molecule has 4 nitrogen and oxygen atoms in total. The largest absolute Gasteiger partial charge is 0.356 e. The molecular formula is C19H22N4. The van der Waals surface area contributed by atoms with Gasteiger partial charge in [-0.25, -0.2) is 15.0 Å². The summed E-state index contributed by atoms with van der Waals surface area (Å²) < 4.78 is 0. The minimum absolute atomic E-state index is 0.740. The zero-order valence-electron chi connectivity index (χ0n) is 13.7. The molecule has 0 aliphatic rings. The number of hydrogen-bond acceptors (Lipinski definition) is 4. The molecule has 1 aromatic carbocycles. The van der Waals surface area contributed by atoms with E-state index in [9.17, 15) is 0 Å². The first-order valence-corrected chi connectivity index (χ1v) is 8.26. The van der Waals surface area contributed by atoms with Gasteiger partial charge in [-0.05, 0) is 25.0 Å². The molecule has 0 aliphatic heterocycles. The highest BCUT2D eigenvalue weighted by Gasteiger charge is 2.15. The Morgan fingerprint density at radius 2 is 1.61 bits per heavy atom. The van der Waals surface area contributed by atoms with Crippen LogP contribution in [0.3, 0.4) is 0 Å². The zero-order chi connectivity index (χ0) is 16.1. The molecule has 0 atom stereocenters. The van der Waals surface area contributed by atoms with E-state index in [1.54, 1.807) is 6.20 Å². The smallest absolute Gasteiger partial charge is 0.165 e. The molecule has 4 heteroatoms. The van der Waals surface area contributed by atoms with Gasteiger partial charge in [0.2, 0.25) is 0 Å². The van der Waals surface area contributed by atoms with Crippen LogP contribution in [0.15, 0.2) is 48.7 Å². The van der Waals surface area contributed by atoms with Gasteiger partial charge in [0.05, 0.1) is 5.39 Å². The number of benzene rings is 1. The van der Waals surface area contributed by atoms with E-state index in [2.05, 4.69) is 34.8 Å². The van der Waals surface area contributed by atoms with Crippen LogP contribution in [0.5, 0.6) is 0 Å². The second-order valence-corrected chi connectivity index (χ2v) is 5.60. The lowest BCUT2D eigenvalue weighted by Crippen LogP contribution is -2.26. The van der Waals surface area contributed by atoms with Crippen LogP contribution in [-0.2, 0) is 0 Å². The Bertz CT molecular complexity index is 765. The Morgan fingerprint density at radius 3 is 2.30 bits per heavy atom. The zero-order valence-corrected chi connectivity index (χ0v) is 13.7. The van der Waals surface area contributed by atoms with E-state index in [0.717, 1.165) is 54.2 Å². The summed E-state index contributed by atoms with van der Waals surface area (Å²) in [5.41, 5.74) is 1.78. The predicted molar refractivity (Wildman–Crippen MR) is 95.6 cm³/mol. The van der Waals surface area contributed by atoms with Crippen LogP contribution in [0, 0.1) is 0 Å². The molecule has 3 rings (SSSR count). The lowest BCUT2D eigenvalue weighted by atomic mass is 10.2. The number of aromatic nitrogens is 3. The number of rotatable bonds is 6. The van der Waals surface area contributed by atoms with E-state index in [0.29, 0.717) is 0 Å². The van der Waals surface area contributed by atoms with Crippen molar-refractivity contribution < 1.29 is 0 Å². The van der Waals surface area contributed by atoms with Gasteiger partial charge in [0.25, 0.3) is 0 Å². The van der Waals surface area contributed by atoms with Crippen LogP contribution in [0.25, 0.3) is 22.4 Å². The highest BCUT2D eigenvalue weighted by atomic mass is 15.2. The van der Waals surface area contributed by atoms with Gasteiger partial charge in [0.1, 0.15) is 5.82 Å². The van der Waals surface area contributed by atoms with Crippen molar-refractivity contribution in [1.29, 1.82) is 0 Å². The number of fused-ring (bicyclic) bond motifs is 1. The second kappa shape index (κ2) is 7.18. The fraction of sp³-hybridized carbons (Fsp3) is 0.316. The average molecular weight is 306 g/mol. The molecule has 2 heterocycles. The summed E-state index contributed by atoms with van der Waals surface area (Å²) >= 11 is 0. The summed E-state index contributed by atoms with van der Waals surface area (Å²) in [5.74, 6) is 1.73. The molecule has 0 unspecified atom stereocenters. The molecule has 0 fully saturated rings. The maximum absolute atomic E-state index is 4.88. The van der Waals surface area contributed by atoms with Crippen LogP contribution in [0.2, 0.25) is 0 Å². The van der Waals surface area contributed by atoms with Crippen LogP contribution in [0.1, 0.15) is 26.7 Å². The van der Waals surface area contributed by atoms with Crippen molar-refractivity contribution in [2.45, 2.75) is 26.7 Å². The van der Waals surface area contributed by atoms with Gasteiger partial charge in [-0.3, -0.25) is 0 Å². The molecule has 0 radical (unpaired) electrons. The van der Waals surface area contributed by atoms with Gasteiger partial charge in [0, 0.05) is 24.8 Å². The molecule has 0 saturated carbocycles. The van der Waals surface area contributed by atoms with Gasteiger partial charge < -0.3 is 4.90 Å². The lowest BCUT2D eigenvalue weighted by Gasteiger charge is -2.24. The Morgan fingerprint density at radius 1 is 0.870 bits per heavy atom. The lowest BCUT2D eigenvalue weighted by molar-refractivity contribution is 0.736. The number of nitrogens with zero attached hydrogens (tertiary/aromatic N) is 4. The topological polar surface area (TPSA) is 41.9 Å². The molecule has 2 aromatic heterocycles.